The van der Waals surface area contributed by atoms with Crippen LogP contribution in [0.3, 0.4) is 0 Å². The normalized spacial score (nSPS) is 14.2. The van der Waals surface area contributed by atoms with Gasteiger partial charge >= 0.3 is 0 Å². The fourth-order valence-electron chi connectivity index (χ4n) is 1.89. The lowest BCUT2D eigenvalue weighted by molar-refractivity contribution is -0.134. The number of carbonyl (C=O) groups is 1. The second-order valence-corrected chi connectivity index (χ2v) is 4.06. The van der Waals surface area contributed by atoms with Crippen LogP contribution in [-0.2, 0) is 17.8 Å². The Balaban J connectivity index is 0.000000317. The SMILES string of the molecule is C=CCN1CCc2ccccc2C1.CC(=O)O. The van der Waals surface area contributed by atoms with Gasteiger partial charge in [0.1, 0.15) is 0 Å². The van der Waals surface area contributed by atoms with Gasteiger partial charge in [-0.2, -0.15) is 0 Å². The van der Waals surface area contributed by atoms with Crippen LogP contribution in [-0.4, -0.2) is 29.1 Å². The first-order valence-electron chi connectivity index (χ1n) is 5.73. The Labute approximate surface area is 102 Å². The summed E-state index contributed by atoms with van der Waals surface area (Å²) in [6, 6.07) is 8.71. The van der Waals surface area contributed by atoms with Gasteiger partial charge in [-0.15, -0.1) is 6.58 Å². The molecule has 0 aromatic heterocycles. The van der Waals surface area contributed by atoms with Crippen molar-refractivity contribution in [1.82, 2.24) is 4.90 Å². The maximum absolute atomic E-state index is 9.00. The van der Waals surface area contributed by atoms with Crippen LogP contribution >= 0.6 is 0 Å². The molecule has 1 aromatic rings. The van der Waals surface area contributed by atoms with Crippen molar-refractivity contribution in [3.05, 3.63) is 48.0 Å². The number of nitrogens with zero attached hydrogens (tertiary/aromatic N) is 1. The number of rotatable bonds is 2. The van der Waals surface area contributed by atoms with Crippen molar-refractivity contribution in [2.45, 2.75) is 19.9 Å². The molecule has 0 amide bonds. The van der Waals surface area contributed by atoms with Crippen molar-refractivity contribution in [1.29, 1.82) is 0 Å². The van der Waals surface area contributed by atoms with Gasteiger partial charge in [0.05, 0.1) is 0 Å². The molecule has 0 spiro atoms. The van der Waals surface area contributed by atoms with Crippen molar-refractivity contribution >= 4 is 5.97 Å². The summed E-state index contributed by atoms with van der Waals surface area (Å²) in [6.45, 7) is 8.12. The molecule has 0 aliphatic carbocycles. The van der Waals surface area contributed by atoms with Crippen LogP contribution in [0.5, 0.6) is 0 Å². The first kappa shape index (κ1) is 13.5. The molecular formula is C14H19NO2. The lowest BCUT2D eigenvalue weighted by Crippen LogP contribution is -2.30. The highest BCUT2D eigenvalue weighted by atomic mass is 16.4. The van der Waals surface area contributed by atoms with E-state index in [4.69, 9.17) is 9.90 Å². The van der Waals surface area contributed by atoms with Crippen LogP contribution in [0.4, 0.5) is 0 Å². The van der Waals surface area contributed by atoms with E-state index < -0.39 is 5.97 Å². The van der Waals surface area contributed by atoms with Gasteiger partial charge in [-0.3, -0.25) is 9.69 Å². The van der Waals surface area contributed by atoms with Crippen LogP contribution < -0.4 is 0 Å². The zero-order chi connectivity index (χ0) is 12.7. The standard InChI is InChI=1S/C12H15N.C2H4O2/c1-2-8-13-9-7-11-5-3-4-6-12(11)10-13;1-2(3)4/h2-6H,1,7-10H2;1H3,(H,3,4). The lowest BCUT2D eigenvalue weighted by Gasteiger charge is -2.27. The van der Waals surface area contributed by atoms with Gasteiger partial charge in [0.15, 0.2) is 0 Å². The number of carboxylic acid groups (broad SMARTS) is 1. The third-order valence-corrected chi connectivity index (χ3v) is 2.60. The van der Waals surface area contributed by atoms with E-state index in [1.54, 1.807) is 0 Å². The van der Waals surface area contributed by atoms with Crippen molar-refractivity contribution in [3.63, 3.8) is 0 Å². The summed E-state index contributed by atoms with van der Waals surface area (Å²) in [5.41, 5.74) is 3.00. The molecule has 3 nitrogen and oxygen atoms in total. The Morgan fingerprint density at radius 1 is 1.47 bits per heavy atom. The molecule has 0 saturated carbocycles. The fourth-order valence-corrected chi connectivity index (χ4v) is 1.89. The van der Waals surface area contributed by atoms with Crippen LogP contribution in [0.1, 0.15) is 18.1 Å². The van der Waals surface area contributed by atoms with Gasteiger partial charge in [0.25, 0.3) is 5.97 Å². The van der Waals surface area contributed by atoms with E-state index in [1.807, 2.05) is 6.08 Å². The van der Waals surface area contributed by atoms with E-state index in [9.17, 15) is 0 Å². The molecule has 17 heavy (non-hydrogen) atoms. The molecule has 1 aliphatic rings. The van der Waals surface area contributed by atoms with Crippen LogP contribution in [0.25, 0.3) is 0 Å². The Bertz CT molecular complexity index is 384. The van der Waals surface area contributed by atoms with Gasteiger partial charge in [-0.25, -0.2) is 0 Å². The van der Waals surface area contributed by atoms with E-state index in [0.29, 0.717) is 0 Å². The first-order valence-corrected chi connectivity index (χ1v) is 5.73. The molecule has 1 heterocycles. The Hall–Kier alpha value is -1.61. The molecule has 0 fully saturated rings. The molecule has 0 bridgehead atoms. The van der Waals surface area contributed by atoms with E-state index in [2.05, 4.69) is 35.7 Å². The molecule has 2 rings (SSSR count). The minimum absolute atomic E-state index is 0.833. The van der Waals surface area contributed by atoms with E-state index in [-0.39, 0.29) is 0 Å². The zero-order valence-electron chi connectivity index (χ0n) is 10.2. The fraction of sp³-hybridized carbons (Fsp3) is 0.357. The maximum atomic E-state index is 9.00. The monoisotopic (exact) mass is 233 g/mol. The molecule has 0 saturated heterocycles. The highest BCUT2D eigenvalue weighted by Gasteiger charge is 2.13. The van der Waals surface area contributed by atoms with Gasteiger partial charge in [-0.05, 0) is 17.5 Å². The molecule has 0 unspecified atom stereocenters. The summed E-state index contributed by atoms with van der Waals surface area (Å²) in [4.78, 5) is 11.4. The minimum Gasteiger partial charge on any atom is -0.481 e. The number of hydrogen-bond acceptors (Lipinski definition) is 2. The van der Waals surface area contributed by atoms with Gasteiger partial charge < -0.3 is 5.11 Å². The molecule has 0 atom stereocenters. The second kappa shape index (κ2) is 6.86. The van der Waals surface area contributed by atoms with E-state index >= 15 is 0 Å². The van der Waals surface area contributed by atoms with E-state index in [1.165, 1.54) is 24.1 Å². The highest BCUT2D eigenvalue weighted by Crippen LogP contribution is 2.17. The van der Waals surface area contributed by atoms with Crippen molar-refractivity contribution in [2.75, 3.05) is 13.1 Å². The highest BCUT2D eigenvalue weighted by molar-refractivity contribution is 5.62. The average Bonchev–Trinajstić information content (AvgIpc) is 2.29. The van der Waals surface area contributed by atoms with Crippen LogP contribution in [0, 0.1) is 0 Å². The van der Waals surface area contributed by atoms with Gasteiger partial charge in [-0.1, -0.05) is 30.3 Å². The summed E-state index contributed by atoms with van der Waals surface area (Å²) >= 11 is 0. The maximum Gasteiger partial charge on any atom is 0.300 e. The average molecular weight is 233 g/mol. The summed E-state index contributed by atoms with van der Waals surface area (Å²) in [6.07, 6.45) is 3.16. The molecular weight excluding hydrogens is 214 g/mol. The molecule has 92 valence electrons. The predicted molar refractivity (Wildman–Crippen MR) is 68.9 cm³/mol. The number of aliphatic carboxylic acids is 1. The number of benzene rings is 1. The van der Waals surface area contributed by atoms with Crippen molar-refractivity contribution in [2.24, 2.45) is 0 Å². The third-order valence-electron chi connectivity index (χ3n) is 2.60. The third kappa shape index (κ3) is 4.83. The molecule has 1 N–H and O–H groups in total. The van der Waals surface area contributed by atoms with Gasteiger partial charge in [0, 0.05) is 26.6 Å². The van der Waals surface area contributed by atoms with Gasteiger partial charge in [0.2, 0.25) is 0 Å². The predicted octanol–water partition coefficient (Wildman–Crippen LogP) is 2.32. The number of fused-ring (bicyclic) bond motifs is 1. The Kier molecular flexibility index (Phi) is 5.43. The summed E-state index contributed by atoms with van der Waals surface area (Å²) in [7, 11) is 0. The molecule has 1 aliphatic heterocycles. The van der Waals surface area contributed by atoms with E-state index in [0.717, 1.165) is 20.0 Å². The van der Waals surface area contributed by atoms with Crippen LogP contribution in [0.2, 0.25) is 0 Å². The topological polar surface area (TPSA) is 40.5 Å². The number of carboxylic acids is 1. The van der Waals surface area contributed by atoms with Crippen molar-refractivity contribution in [3.8, 4) is 0 Å². The summed E-state index contributed by atoms with van der Waals surface area (Å²) in [5, 5.41) is 7.42. The molecule has 1 aromatic carbocycles. The molecule has 3 heteroatoms. The zero-order valence-corrected chi connectivity index (χ0v) is 10.2. The number of hydrogen-bond donors (Lipinski definition) is 1. The Morgan fingerprint density at radius 3 is 2.65 bits per heavy atom. The minimum atomic E-state index is -0.833. The first-order chi connectivity index (χ1) is 8.13. The van der Waals surface area contributed by atoms with Crippen molar-refractivity contribution < 1.29 is 9.90 Å². The smallest absolute Gasteiger partial charge is 0.300 e. The second-order valence-electron chi connectivity index (χ2n) is 4.06. The Morgan fingerprint density at radius 2 is 2.06 bits per heavy atom. The largest absolute Gasteiger partial charge is 0.481 e. The lowest BCUT2D eigenvalue weighted by atomic mass is 10.0. The quantitative estimate of drug-likeness (QED) is 0.797. The van der Waals surface area contributed by atoms with Crippen LogP contribution in [0.15, 0.2) is 36.9 Å². The molecule has 0 radical (unpaired) electrons. The summed E-state index contributed by atoms with van der Waals surface area (Å²) < 4.78 is 0. The summed E-state index contributed by atoms with van der Waals surface area (Å²) in [5.74, 6) is -0.833.